The maximum absolute atomic E-state index is 5.97. The molecule has 2 aromatic rings. The van der Waals surface area contributed by atoms with Gasteiger partial charge in [-0.3, -0.25) is 0 Å². The Balaban J connectivity index is 2.47. The summed E-state index contributed by atoms with van der Waals surface area (Å²) in [4.78, 5) is 0. The van der Waals surface area contributed by atoms with Crippen molar-refractivity contribution in [3.63, 3.8) is 0 Å². The van der Waals surface area contributed by atoms with E-state index in [1.54, 1.807) is 6.07 Å². The van der Waals surface area contributed by atoms with Gasteiger partial charge in [0.15, 0.2) is 11.6 Å². The second-order valence-electron chi connectivity index (χ2n) is 2.74. The summed E-state index contributed by atoms with van der Waals surface area (Å²) < 4.78 is 6.01. The summed E-state index contributed by atoms with van der Waals surface area (Å²) in [6, 6.07) is 7.31. The molecule has 1 aromatic heterocycles. The summed E-state index contributed by atoms with van der Waals surface area (Å²) in [5.74, 6) is 0.996. The van der Waals surface area contributed by atoms with Gasteiger partial charge in [0.2, 0.25) is 0 Å². The molecule has 1 aromatic carbocycles. The smallest absolute Gasteiger partial charge is 0.169 e. The fourth-order valence-electron chi connectivity index (χ4n) is 1.07. The van der Waals surface area contributed by atoms with Gasteiger partial charge in [-0.15, -0.1) is 0 Å². The first-order valence-corrected chi connectivity index (χ1v) is 5.30. The molecule has 1 heterocycles. The average molecular weight is 321 g/mol. The molecule has 0 saturated heterocycles. The standard InChI is InChI=1S/C9H6ClIN2O/c10-6-3-5(1-2-7(6)11)8-4-9(12)13-14-8/h1-4H,(H2,12,13). The first kappa shape index (κ1) is 9.79. The molecule has 0 atom stereocenters. The van der Waals surface area contributed by atoms with E-state index in [-0.39, 0.29) is 0 Å². The number of anilines is 1. The first-order chi connectivity index (χ1) is 6.66. The summed E-state index contributed by atoms with van der Waals surface area (Å²) >= 11 is 8.13. The van der Waals surface area contributed by atoms with Crippen LogP contribution in [0.2, 0.25) is 5.02 Å². The molecular weight excluding hydrogens is 314 g/mol. The molecule has 0 unspecified atom stereocenters. The van der Waals surface area contributed by atoms with E-state index in [1.807, 2.05) is 18.2 Å². The maximum Gasteiger partial charge on any atom is 0.169 e. The summed E-state index contributed by atoms with van der Waals surface area (Å²) in [5, 5.41) is 4.30. The average Bonchev–Trinajstić information content (AvgIpc) is 2.57. The molecule has 0 amide bonds. The lowest BCUT2D eigenvalue weighted by molar-refractivity contribution is 0.436. The molecule has 0 spiro atoms. The third kappa shape index (κ3) is 1.85. The Morgan fingerprint density at radius 2 is 2.14 bits per heavy atom. The number of rotatable bonds is 1. The zero-order valence-electron chi connectivity index (χ0n) is 7.00. The van der Waals surface area contributed by atoms with Crippen molar-refractivity contribution in [2.45, 2.75) is 0 Å². The van der Waals surface area contributed by atoms with Crippen LogP contribution in [-0.2, 0) is 0 Å². The number of nitrogen functional groups attached to an aromatic ring is 1. The first-order valence-electron chi connectivity index (χ1n) is 3.84. The lowest BCUT2D eigenvalue weighted by atomic mass is 10.2. The maximum atomic E-state index is 5.97. The highest BCUT2D eigenvalue weighted by atomic mass is 127. The van der Waals surface area contributed by atoms with Crippen molar-refractivity contribution in [2.75, 3.05) is 5.73 Å². The van der Waals surface area contributed by atoms with Crippen molar-refractivity contribution < 1.29 is 4.52 Å². The number of benzene rings is 1. The van der Waals surface area contributed by atoms with E-state index < -0.39 is 0 Å². The normalized spacial score (nSPS) is 10.4. The van der Waals surface area contributed by atoms with Gasteiger partial charge < -0.3 is 10.3 Å². The van der Waals surface area contributed by atoms with E-state index in [1.165, 1.54) is 0 Å². The largest absolute Gasteiger partial charge is 0.381 e. The number of hydrogen-bond donors (Lipinski definition) is 1. The molecule has 0 radical (unpaired) electrons. The molecule has 0 saturated carbocycles. The van der Waals surface area contributed by atoms with E-state index >= 15 is 0 Å². The molecule has 5 heteroatoms. The third-order valence-electron chi connectivity index (χ3n) is 1.73. The van der Waals surface area contributed by atoms with Crippen molar-refractivity contribution in [1.29, 1.82) is 0 Å². The van der Waals surface area contributed by atoms with Gasteiger partial charge in [-0.25, -0.2) is 0 Å². The van der Waals surface area contributed by atoms with Crippen LogP contribution >= 0.6 is 34.2 Å². The Bertz CT molecular complexity index is 470. The van der Waals surface area contributed by atoms with Crippen LogP contribution in [0.1, 0.15) is 0 Å². The molecule has 0 aliphatic rings. The molecule has 72 valence electrons. The summed E-state index contributed by atoms with van der Waals surface area (Å²) in [6.45, 7) is 0. The molecule has 2 N–H and O–H groups in total. The topological polar surface area (TPSA) is 52.0 Å². The van der Waals surface area contributed by atoms with Crippen molar-refractivity contribution >= 4 is 40.0 Å². The van der Waals surface area contributed by atoms with Crippen LogP contribution in [-0.4, -0.2) is 5.16 Å². The van der Waals surface area contributed by atoms with E-state index in [9.17, 15) is 0 Å². The fourth-order valence-corrected chi connectivity index (χ4v) is 1.59. The Morgan fingerprint density at radius 3 is 2.71 bits per heavy atom. The van der Waals surface area contributed by atoms with Gasteiger partial charge >= 0.3 is 0 Å². The van der Waals surface area contributed by atoms with E-state index in [2.05, 4.69) is 27.7 Å². The van der Waals surface area contributed by atoms with Crippen LogP contribution in [0.4, 0.5) is 5.82 Å². The SMILES string of the molecule is Nc1cc(-c2ccc(I)c(Cl)c2)on1. The monoisotopic (exact) mass is 320 g/mol. The van der Waals surface area contributed by atoms with Crippen LogP contribution in [0, 0.1) is 3.57 Å². The minimum Gasteiger partial charge on any atom is -0.381 e. The number of nitrogens with two attached hydrogens (primary N) is 1. The van der Waals surface area contributed by atoms with E-state index in [0.29, 0.717) is 16.6 Å². The highest BCUT2D eigenvalue weighted by Gasteiger charge is 2.06. The summed E-state index contributed by atoms with van der Waals surface area (Å²) in [5.41, 5.74) is 6.32. The Hall–Kier alpha value is -0.750. The van der Waals surface area contributed by atoms with Crippen LogP contribution in [0.15, 0.2) is 28.8 Å². The second-order valence-corrected chi connectivity index (χ2v) is 4.31. The number of nitrogens with zero attached hydrogens (tertiary/aromatic N) is 1. The minimum absolute atomic E-state index is 0.370. The molecular formula is C9H6ClIN2O. The van der Waals surface area contributed by atoms with Gasteiger partial charge in [0, 0.05) is 15.2 Å². The van der Waals surface area contributed by atoms with Crippen LogP contribution < -0.4 is 5.73 Å². The molecule has 0 fully saturated rings. The molecule has 0 aliphatic heterocycles. The summed E-state index contributed by atoms with van der Waals surface area (Å²) in [7, 11) is 0. The third-order valence-corrected chi connectivity index (χ3v) is 3.30. The lowest BCUT2D eigenvalue weighted by Crippen LogP contribution is -1.80. The van der Waals surface area contributed by atoms with Gasteiger partial charge in [0.25, 0.3) is 0 Å². The van der Waals surface area contributed by atoms with E-state index in [0.717, 1.165) is 9.13 Å². The predicted octanol–water partition coefficient (Wildman–Crippen LogP) is 3.18. The lowest BCUT2D eigenvalue weighted by Gasteiger charge is -1.98. The Kier molecular flexibility index (Phi) is 2.64. The number of halogens is 2. The predicted molar refractivity (Wildman–Crippen MR) is 64.1 cm³/mol. The highest BCUT2D eigenvalue weighted by Crippen LogP contribution is 2.27. The van der Waals surface area contributed by atoms with Gasteiger partial charge in [-0.1, -0.05) is 16.8 Å². The quantitative estimate of drug-likeness (QED) is 0.821. The zero-order chi connectivity index (χ0) is 10.1. The fraction of sp³-hybridized carbons (Fsp3) is 0. The molecule has 14 heavy (non-hydrogen) atoms. The molecule has 0 aliphatic carbocycles. The number of hydrogen-bond acceptors (Lipinski definition) is 3. The molecule has 2 rings (SSSR count). The Morgan fingerprint density at radius 1 is 1.36 bits per heavy atom. The van der Waals surface area contributed by atoms with Gasteiger partial charge in [-0.2, -0.15) is 0 Å². The molecule has 0 bridgehead atoms. The van der Waals surface area contributed by atoms with Crippen molar-refractivity contribution in [1.82, 2.24) is 5.16 Å². The van der Waals surface area contributed by atoms with Crippen molar-refractivity contribution in [2.24, 2.45) is 0 Å². The highest BCUT2D eigenvalue weighted by molar-refractivity contribution is 14.1. The Labute approximate surface area is 99.4 Å². The minimum atomic E-state index is 0.370. The van der Waals surface area contributed by atoms with Gasteiger partial charge in [0.05, 0.1) is 5.02 Å². The van der Waals surface area contributed by atoms with E-state index in [4.69, 9.17) is 21.9 Å². The molecule has 3 nitrogen and oxygen atoms in total. The van der Waals surface area contributed by atoms with Crippen molar-refractivity contribution in [3.05, 3.63) is 32.9 Å². The van der Waals surface area contributed by atoms with Gasteiger partial charge in [0.1, 0.15) is 0 Å². The van der Waals surface area contributed by atoms with Gasteiger partial charge in [-0.05, 0) is 40.8 Å². The summed E-state index contributed by atoms with van der Waals surface area (Å²) in [6.07, 6.45) is 0. The van der Waals surface area contributed by atoms with Crippen LogP contribution in [0.5, 0.6) is 0 Å². The zero-order valence-corrected chi connectivity index (χ0v) is 9.91. The van der Waals surface area contributed by atoms with Crippen LogP contribution in [0.25, 0.3) is 11.3 Å². The van der Waals surface area contributed by atoms with Crippen LogP contribution in [0.3, 0.4) is 0 Å². The van der Waals surface area contributed by atoms with Crippen molar-refractivity contribution in [3.8, 4) is 11.3 Å². The second kappa shape index (κ2) is 3.78. The number of aromatic nitrogens is 1.